The molecule has 0 amide bonds. The van der Waals surface area contributed by atoms with Gasteiger partial charge in [-0.15, -0.1) is 11.6 Å². The van der Waals surface area contributed by atoms with Crippen molar-refractivity contribution < 1.29 is 8.78 Å². The molecule has 0 bridgehead atoms. The molecule has 1 aromatic heterocycles. The Hall–Kier alpha value is -0.420. The van der Waals surface area contributed by atoms with E-state index in [1.165, 1.54) is 6.07 Å². The largest absolute Gasteiger partial charge is 0.320 e. The first-order chi connectivity index (χ1) is 6.06. The molecule has 1 N–H and O–H groups in total. The van der Waals surface area contributed by atoms with Gasteiger partial charge in [0.1, 0.15) is 0 Å². The summed E-state index contributed by atoms with van der Waals surface area (Å²) < 4.78 is 24.7. The minimum absolute atomic E-state index is 0.0181. The second-order valence-corrected chi connectivity index (χ2v) is 3.38. The van der Waals surface area contributed by atoms with Crippen molar-refractivity contribution in [2.45, 2.75) is 12.3 Å². The number of H-pyrrole nitrogens is 1. The van der Waals surface area contributed by atoms with E-state index in [9.17, 15) is 13.6 Å². The minimum atomic E-state index is -2.72. The van der Waals surface area contributed by atoms with E-state index < -0.39 is 17.7 Å². The summed E-state index contributed by atoms with van der Waals surface area (Å²) in [6.07, 6.45) is -2.72. The number of pyridine rings is 1. The molecule has 0 saturated heterocycles. The van der Waals surface area contributed by atoms with Crippen LogP contribution in [0.1, 0.15) is 17.7 Å². The van der Waals surface area contributed by atoms with Crippen LogP contribution in [0.2, 0.25) is 0 Å². The van der Waals surface area contributed by atoms with Crippen molar-refractivity contribution in [3.05, 3.63) is 32.2 Å². The van der Waals surface area contributed by atoms with Crippen LogP contribution in [0.4, 0.5) is 8.78 Å². The zero-order valence-corrected chi connectivity index (χ0v) is 8.62. The van der Waals surface area contributed by atoms with E-state index in [1.807, 2.05) is 4.98 Å². The number of hydrogen-bond donors (Lipinski definition) is 1. The Kier molecular flexibility index (Phi) is 3.44. The quantitative estimate of drug-likeness (QED) is 0.825. The van der Waals surface area contributed by atoms with E-state index in [1.54, 1.807) is 0 Å². The Morgan fingerprint density at radius 1 is 1.62 bits per heavy atom. The van der Waals surface area contributed by atoms with Gasteiger partial charge in [-0.25, -0.2) is 8.78 Å². The molecule has 0 fully saturated rings. The first kappa shape index (κ1) is 10.7. The lowest BCUT2D eigenvalue weighted by Gasteiger charge is -2.05. The average molecular weight is 272 g/mol. The summed E-state index contributed by atoms with van der Waals surface area (Å²) in [6, 6.07) is 1.18. The molecule has 0 saturated carbocycles. The van der Waals surface area contributed by atoms with Crippen LogP contribution in [-0.4, -0.2) is 4.98 Å². The number of hydrogen-bond acceptors (Lipinski definition) is 1. The summed E-state index contributed by atoms with van der Waals surface area (Å²) >= 11 is 8.39. The molecule has 13 heavy (non-hydrogen) atoms. The van der Waals surface area contributed by atoms with Gasteiger partial charge >= 0.3 is 0 Å². The van der Waals surface area contributed by atoms with E-state index in [2.05, 4.69) is 15.9 Å². The topological polar surface area (TPSA) is 32.9 Å². The Labute approximate surface area is 86.0 Å². The van der Waals surface area contributed by atoms with Crippen molar-refractivity contribution in [1.29, 1.82) is 0 Å². The van der Waals surface area contributed by atoms with Crippen molar-refractivity contribution in [3.63, 3.8) is 0 Å². The van der Waals surface area contributed by atoms with Gasteiger partial charge in [0, 0.05) is 16.4 Å². The molecule has 0 radical (unpaired) electrons. The van der Waals surface area contributed by atoms with Crippen LogP contribution in [0.15, 0.2) is 15.3 Å². The van der Waals surface area contributed by atoms with Gasteiger partial charge in [-0.3, -0.25) is 4.79 Å². The maximum atomic E-state index is 12.3. The lowest BCUT2D eigenvalue weighted by Crippen LogP contribution is -2.10. The lowest BCUT2D eigenvalue weighted by molar-refractivity contribution is 0.144. The summed E-state index contributed by atoms with van der Waals surface area (Å²) in [4.78, 5) is 12.9. The van der Waals surface area contributed by atoms with Gasteiger partial charge in [-0.1, -0.05) is 0 Å². The highest BCUT2D eigenvalue weighted by atomic mass is 79.9. The third kappa shape index (κ3) is 2.28. The highest BCUT2D eigenvalue weighted by Crippen LogP contribution is 2.27. The van der Waals surface area contributed by atoms with Crippen molar-refractivity contribution in [2.24, 2.45) is 0 Å². The van der Waals surface area contributed by atoms with Gasteiger partial charge < -0.3 is 4.98 Å². The molecule has 0 aliphatic carbocycles. The highest BCUT2D eigenvalue weighted by molar-refractivity contribution is 9.10. The number of nitrogens with one attached hydrogen (secondary N) is 1. The van der Waals surface area contributed by atoms with Gasteiger partial charge in [0.25, 0.3) is 6.43 Å². The molecule has 1 aromatic rings. The molecule has 6 heteroatoms. The molecule has 0 atom stereocenters. The molecule has 2 nitrogen and oxygen atoms in total. The molecule has 0 aliphatic rings. The second-order valence-electron chi connectivity index (χ2n) is 2.32. The highest BCUT2D eigenvalue weighted by Gasteiger charge is 2.15. The fraction of sp³-hybridized carbons (Fsp3) is 0.286. The fourth-order valence-electron chi connectivity index (χ4n) is 0.866. The van der Waals surface area contributed by atoms with Crippen molar-refractivity contribution in [3.8, 4) is 0 Å². The summed E-state index contributed by atoms with van der Waals surface area (Å²) in [5, 5.41) is 0. The van der Waals surface area contributed by atoms with Crippen LogP contribution in [-0.2, 0) is 5.88 Å². The Morgan fingerprint density at radius 3 is 2.69 bits per heavy atom. The van der Waals surface area contributed by atoms with Crippen LogP contribution in [0.25, 0.3) is 0 Å². The zero-order chi connectivity index (χ0) is 10.0. The smallest absolute Gasteiger partial charge is 0.279 e. The SMILES string of the molecule is O=c1cc(CCl)c(Br)c(C(F)F)[nH]1. The van der Waals surface area contributed by atoms with E-state index in [0.29, 0.717) is 5.56 Å². The van der Waals surface area contributed by atoms with E-state index in [-0.39, 0.29) is 10.4 Å². The van der Waals surface area contributed by atoms with Crippen LogP contribution in [0, 0.1) is 0 Å². The Balaban J connectivity index is 3.36. The van der Waals surface area contributed by atoms with Gasteiger partial charge in [-0.05, 0) is 21.5 Å². The molecule has 1 rings (SSSR count). The number of alkyl halides is 3. The number of aromatic nitrogens is 1. The summed E-state index contributed by atoms with van der Waals surface area (Å²) in [7, 11) is 0. The van der Waals surface area contributed by atoms with Crippen molar-refractivity contribution >= 4 is 27.5 Å². The zero-order valence-electron chi connectivity index (χ0n) is 6.28. The van der Waals surface area contributed by atoms with Gasteiger partial charge in [0.2, 0.25) is 5.56 Å². The van der Waals surface area contributed by atoms with Gasteiger partial charge in [0.15, 0.2) is 0 Å². The summed E-state index contributed by atoms with van der Waals surface area (Å²) in [6.45, 7) is 0. The van der Waals surface area contributed by atoms with Crippen LogP contribution < -0.4 is 5.56 Å². The monoisotopic (exact) mass is 271 g/mol. The van der Waals surface area contributed by atoms with Gasteiger partial charge in [0.05, 0.1) is 5.69 Å². The molecular formula is C7H5BrClF2NO. The molecule has 0 unspecified atom stereocenters. The van der Waals surface area contributed by atoms with Crippen molar-refractivity contribution in [1.82, 2.24) is 4.98 Å². The normalized spacial score (nSPS) is 10.8. The third-order valence-electron chi connectivity index (χ3n) is 1.44. The fourth-order valence-corrected chi connectivity index (χ4v) is 1.76. The summed E-state index contributed by atoms with van der Waals surface area (Å²) in [5.74, 6) is 0.0181. The molecule has 0 aliphatic heterocycles. The molecular weight excluding hydrogens is 267 g/mol. The molecule has 0 spiro atoms. The number of aromatic amines is 1. The Bertz CT molecular complexity index is 366. The molecule has 1 heterocycles. The molecule has 72 valence electrons. The van der Waals surface area contributed by atoms with Crippen LogP contribution in [0.3, 0.4) is 0 Å². The maximum absolute atomic E-state index is 12.3. The standard InChI is InChI=1S/C7H5BrClF2NO/c8-5-3(2-9)1-4(13)12-6(5)7(10)11/h1,7H,2H2,(H,12,13). The second kappa shape index (κ2) is 4.19. The van der Waals surface area contributed by atoms with Crippen molar-refractivity contribution in [2.75, 3.05) is 0 Å². The predicted molar refractivity (Wildman–Crippen MR) is 49.3 cm³/mol. The molecule has 0 aromatic carbocycles. The number of halogens is 4. The van der Waals surface area contributed by atoms with E-state index in [0.717, 1.165) is 0 Å². The number of rotatable bonds is 2. The van der Waals surface area contributed by atoms with Crippen LogP contribution in [0.5, 0.6) is 0 Å². The third-order valence-corrected chi connectivity index (χ3v) is 2.67. The first-order valence-electron chi connectivity index (χ1n) is 3.32. The van der Waals surface area contributed by atoms with Crippen LogP contribution >= 0.6 is 27.5 Å². The van der Waals surface area contributed by atoms with Gasteiger partial charge in [-0.2, -0.15) is 0 Å². The summed E-state index contributed by atoms with van der Waals surface area (Å²) in [5.41, 5.74) is -0.641. The first-order valence-corrected chi connectivity index (χ1v) is 4.64. The maximum Gasteiger partial charge on any atom is 0.279 e. The van der Waals surface area contributed by atoms with E-state index >= 15 is 0 Å². The lowest BCUT2D eigenvalue weighted by atomic mass is 10.2. The predicted octanol–water partition coefficient (Wildman–Crippen LogP) is 2.81. The average Bonchev–Trinajstić information content (AvgIpc) is 2.08. The Morgan fingerprint density at radius 2 is 2.23 bits per heavy atom. The van der Waals surface area contributed by atoms with E-state index in [4.69, 9.17) is 11.6 Å². The minimum Gasteiger partial charge on any atom is -0.320 e.